The number of carbonyl (C=O) groups excluding carboxylic acids is 4. The number of hydrogen-bond donors (Lipinski definition) is 8. The Balaban J connectivity index is 3.14. The third-order valence-corrected chi connectivity index (χ3v) is 5.39. The topological polar surface area (TPSA) is 234 Å². The Morgan fingerprint density at radius 1 is 0.889 bits per heavy atom. The summed E-state index contributed by atoms with van der Waals surface area (Å²) < 4.78 is 0. The molecule has 0 radical (unpaired) electrons. The Bertz CT molecular complexity index is 935. The van der Waals surface area contributed by atoms with Gasteiger partial charge in [-0.2, -0.15) is 0 Å². The number of nitrogens with two attached hydrogens (primary N) is 2. The summed E-state index contributed by atoms with van der Waals surface area (Å²) in [4.78, 5) is 60.9. The summed E-state index contributed by atoms with van der Waals surface area (Å²) >= 11 is 0. The number of benzene rings is 1. The third kappa shape index (κ3) is 9.88. The summed E-state index contributed by atoms with van der Waals surface area (Å²) in [5.74, 6) is -4.90. The number of primary amides is 1. The lowest BCUT2D eigenvalue weighted by Gasteiger charge is -2.27. The number of hydrogen-bond acceptors (Lipinski definition) is 8. The normalized spacial score (nSPS) is 15.2. The van der Waals surface area contributed by atoms with E-state index in [9.17, 15) is 39.3 Å². The summed E-state index contributed by atoms with van der Waals surface area (Å²) in [7, 11) is 0. The number of nitrogens with one attached hydrogen (secondary N) is 3. The van der Waals surface area contributed by atoms with Crippen LogP contribution < -0.4 is 27.4 Å². The number of aliphatic carboxylic acids is 1. The molecule has 1 aromatic rings. The number of phenolic OH excluding ortho intramolecular Hbond substituents is 1. The predicted molar refractivity (Wildman–Crippen MR) is 128 cm³/mol. The van der Waals surface area contributed by atoms with Gasteiger partial charge in [0.2, 0.25) is 23.6 Å². The molecule has 1 rings (SSSR count). The maximum atomic E-state index is 13.0. The second kappa shape index (κ2) is 14.0. The highest BCUT2D eigenvalue weighted by molar-refractivity contribution is 5.94. The maximum Gasteiger partial charge on any atom is 0.326 e. The predicted octanol–water partition coefficient (Wildman–Crippen LogP) is -1.90. The van der Waals surface area contributed by atoms with Crippen molar-refractivity contribution < 1.29 is 39.3 Å². The van der Waals surface area contributed by atoms with Crippen LogP contribution in [0.2, 0.25) is 0 Å². The quantitative estimate of drug-likeness (QED) is 0.140. The Hall–Kier alpha value is -3.71. The zero-order valence-corrected chi connectivity index (χ0v) is 20.4. The minimum Gasteiger partial charge on any atom is -0.508 e. The molecule has 200 valence electrons. The first-order valence-electron chi connectivity index (χ1n) is 11.4. The van der Waals surface area contributed by atoms with Gasteiger partial charge < -0.3 is 42.7 Å². The van der Waals surface area contributed by atoms with E-state index >= 15 is 0 Å². The van der Waals surface area contributed by atoms with Crippen molar-refractivity contribution in [2.75, 3.05) is 0 Å². The molecule has 5 atom stereocenters. The molecule has 0 saturated heterocycles. The van der Waals surface area contributed by atoms with Crippen LogP contribution >= 0.6 is 0 Å². The molecule has 13 nitrogen and oxygen atoms in total. The molecule has 5 unspecified atom stereocenters. The van der Waals surface area contributed by atoms with Crippen LogP contribution in [0.25, 0.3) is 0 Å². The fourth-order valence-electron chi connectivity index (χ4n) is 3.11. The van der Waals surface area contributed by atoms with Crippen LogP contribution in [0.4, 0.5) is 0 Å². The Labute approximate surface area is 208 Å². The number of rotatable bonds is 14. The van der Waals surface area contributed by atoms with Gasteiger partial charge in [-0.1, -0.05) is 26.0 Å². The largest absolute Gasteiger partial charge is 0.508 e. The first-order valence-corrected chi connectivity index (χ1v) is 11.4. The van der Waals surface area contributed by atoms with E-state index in [0.29, 0.717) is 5.56 Å². The van der Waals surface area contributed by atoms with Crippen molar-refractivity contribution in [3.8, 4) is 5.75 Å². The molecule has 1 aromatic carbocycles. The number of aromatic hydroxyl groups is 1. The van der Waals surface area contributed by atoms with Crippen molar-refractivity contribution in [2.24, 2.45) is 17.4 Å². The number of aliphatic hydroxyl groups excluding tert-OH is 1. The van der Waals surface area contributed by atoms with E-state index in [1.165, 1.54) is 31.2 Å². The highest BCUT2D eigenvalue weighted by Gasteiger charge is 2.33. The number of aliphatic hydroxyl groups is 1. The second-order valence-corrected chi connectivity index (χ2v) is 8.83. The standard InChI is InChI=1S/C23H35N5O8/c1-11(2)18(25)21(33)28-19(12(3)29)22(34)27-16(10-13-4-6-14(30)7-5-13)20(32)26-15(23(35)36)8-9-17(24)31/h4-7,11-12,15-16,18-19,29-30H,8-10,25H2,1-3H3,(H2,24,31)(H,26,32)(H,27,34)(H,28,33)(H,35,36). The SMILES string of the molecule is CC(C)C(N)C(=O)NC(C(=O)NC(Cc1ccc(O)cc1)C(=O)NC(CCC(N)=O)C(=O)O)C(C)O. The molecule has 10 N–H and O–H groups in total. The van der Waals surface area contributed by atoms with E-state index in [0.717, 1.165) is 0 Å². The van der Waals surface area contributed by atoms with Crippen molar-refractivity contribution in [3.63, 3.8) is 0 Å². The molecule has 0 bridgehead atoms. The van der Waals surface area contributed by atoms with Gasteiger partial charge >= 0.3 is 5.97 Å². The molecule has 36 heavy (non-hydrogen) atoms. The Kier molecular flexibility index (Phi) is 11.8. The number of carboxylic acids is 1. The highest BCUT2D eigenvalue weighted by Crippen LogP contribution is 2.12. The van der Waals surface area contributed by atoms with Gasteiger partial charge in [-0.25, -0.2) is 4.79 Å². The van der Waals surface area contributed by atoms with E-state index in [2.05, 4.69) is 16.0 Å². The molecule has 13 heteroatoms. The van der Waals surface area contributed by atoms with Crippen molar-refractivity contribution in [1.82, 2.24) is 16.0 Å². The molecular formula is C23H35N5O8. The first kappa shape index (κ1) is 30.3. The smallest absolute Gasteiger partial charge is 0.326 e. The Morgan fingerprint density at radius 3 is 1.92 bits per heavy atom. The van der Waals surface area contributed by atoms with E-state index in [4.69, 9.17) is 11.5 Å². The summed E-state index contributed by atoms with van der Waals surface area (Å²) in [6, 6.07) is 0.531. The van der Waals surface area contributed by atoms with Crippen LogP contribution in [0.1, 0.15) is 39.2 Å². The van der Waals surface area contributed by atoms with Gasteiger partial charge in [0.15, 0.2) is 0 Å². The molecule has 0 saturated carbocycles. The minimum absolute atomic E-state index is 0.0282. The summed E-state index contributed by atoms with van der Waals surface area (Å²) in [6.07, 6.45) is -2.03. The van der Waals surface area contributed by atoms with Gasteiger partial charge in [0, 0.05) is 12.8 Å². The number of phenols is 1. The molecular weight excluding hydrogens is 474 g/mol. The van der Waals surface area contributed by atoms with Gasteiger partial charge in [-0.3, -0.25) is 19.2 Å². The van der Waals surface area contributed by atoms with Crippen LogP contribution in [0, 0.1) is 5.92 Å². The molecule has 0 aliphatic carbocycles. The fraction of sp³-hybridized carbons (Fsp3) is 0.522. The molecule has 0 heterocycles. The van der Waals surface area contributed by atoms with Gasteiger partial charge in [0.25, 0.3) is 0 Å². The van der Waals surface area contributed by atoms with Crippen molar-refractivity contribution in [2.45, 2.75) is 70.3 Å². The molecule has 0 aliphatic rings. The fourth-order valence-corrected chi connectivity index (χ4v) is 3.11. The molecule has 0 fully saturated rings. The van der Waals surface area contributed by atoms with Crippen LogP contribution in [0.3, 0.4) is 0 Å². The van der Waals surface area contributed by atoms with Crippen LogP contribution in [0.5, 0.6) is 5.75 Å². The van der Waals surface area contributed by atoms with Crippen LogP contribution in [-0.2, 0) is 30.4 Å². The van der Waals surface area contributed by atoms with E-state index < -0.39 is 59.9 Å². The number of carboxylic acid groups (broad SMARTS) is 1. The summed E-state index contributed by atoms with van der Waals surface area (Å²) in [5, 5.41) is 36.1. The van der Waals surface area contributed by atoms with Gasteiger partial charge in [-0.15, -0.1) is 0 Å². The van der Waals surface area contributed by atoms with Gasteiger partial charge in [-0.05, 0) is 37.0 Å². The monoisotopic (exact) mass is 509 g/mol. The molecule has 0 aliphatic heterocycles. The van der Waals surface area contributed by atoms with Gasteiger partial charge in [0.05, 0.1) is 12.1 Å². The summed E-state index contributed by atoms with van der Waals surface area (Å²) in [5.41, 5.74) is 11.4. The lowest BCUT2D eigenvalue weighted by molar-refractivity contribution is -0.142. The molecule has 0 aromatic heterocycles. The molecule has 4 amide bonds. The van der Waals surface area contributed by atoms with Crippen LogP contribution in [0.15, 0.2) is 24.3 Å². The third-order valence-electron chi connectivity index (χ3n) is 5.39. The van der Waals surface area contributed by atoms with Crippen molar-refractivity contribution in [3.05, 3.63) is 29.8 Å². The highest BCUT2D eigenvalue weighted by atomic mass is 16.4. The van der Waals surface area contributed by atoms with E-state index in [-0.39, 0.29) is 30.9 Å². The minimum atomic E-state index is -1.46. The zero-order chi connectivity index (χ0) is 27.6. The lowest BCUT2D eigenvalue weighted by Crippen LogP contribution is -2.60. The Morgan fingerprint density at radius 2 is 1.44 bits per heavy atom. The summed E-state index contributed by atoms with van der Waals surface area (Å²) in [6.45, 7) is 4.68. The average Bonchev–Trinajstić information content (AvgIpc) is 2.79. The second-order valence-electron chi connectivity index (χ2n) is 8.83. The van der Waals surface area contributed by atoms with Crippen molar-refractivity contribution >= 4 is 29.6 Å². The number of amides is 4. The van der Waals surface area contributed by atoms with Crippen molar-refractivity contribution in [1.29, 1.82) is 0 Å². The number of carbonyl (C=O) groups is 5. The van der Waals surface area contributed by atoms with Gasteiger partial charge in [0.1, 0.15) is 23.9 Å². The average molecular weight is 510 g/mol. The zero-order valence-electron chi connectivity index (χ0n) is 20.4. The maximum absolute atomic E-state index is 13.0. The lowest BCUT2D eigenvalue weighted by atomic mass is 10.0. The van der Waals surface area contributed by atoms with E-state index in [1.807, 2.05) is 0 Å². The van der Waals surface area contributed by atoms with Crippen LogP contribution in [-0.4, -0.2) is 75.2 Å². The molecule has 0 spiro atoms. The first-order chi connectivity index (χ1) is 16.7. The van der Waals surface area contributed by atoms with E-state index in [1.54, 1.807) is 13.8 Å².